The van der Waals surface area contributed by atoms with Crippen molar-refractivity contribution in [2.75, 3.05) is 19.6 Å². The highest BCUT2D eigenvalue weighted by atomic mass is 35.5. The first-order valence-electron chi connectivity index (χ1n) is 5.55. The minimum atomic E-state index is -0.171. The molecule has 1 atom stereocenters. The van der Waals surface area contributed by atoms with Crippen LogP contribution in [0.1, 0.15) is 12.5 Å². The van der Waals surface area contributed by atoms with Crippen molar-refractivity contribution in [2.24, 2.45) is 0 Å². The molecule has 1 fully saturated rings. The van der Waals surface area contributed by atoms with E-state index in [2.05, 4.69) is 17.1 Å². The van der Waals surface area contributed by atoms with Crippen molar-refractivity contribution in [1.82, 2.24) is 10.2 Å². The van der Waals surface area contributed by atoms with Crippen molar-refractivity contribution < 1.29 is 4.39 Å². The van der Waals surface area contributed by atoms with Crippen LogP contribution in [-0.4, -0.2) is 30.6 Å². The van der Waals surface area contributed by atoms with Gasteiger partial charge in [-0.05, 0) is 25.1 Å². The van der Waals surface area contributed by atoms with Crippen LogP contribution in [0.5, 0.6) is 0 Å². The van der Waals surface area contributed by atoms with Crippen molar-refractivity contribution >= 4 is 24.0 Å². The maximum atomic E-state index is 13.5. The molecule has 1 heterocycles. The van der Waals surface area contributed by atoms with Gasteiger partial charge in [-0.2, -0.15) is 0 Å². The number of piperazine rings is 1. The average Bonchev–Trinajstić information content (AvgIpc) is 2.24. The molecule has 2 rings (SSSR count). The standard InChI is InChI=1S/C12H16ClFN2.ClH/c1-9-7-16(5-4-15-9)8-10-6-11(13)2-3-12(10)14;/h2-3,6,9,15H,4-5,7-8H2,1H3;1H/t9-;/m1./s1. The Morgan fingerprint density at radius 1 is 1.53 bits per heavy atom. The second kappa shape index (κ2) is 6.55. The predicted octanol–water partition coefficient (Wildman–Crippen LogP) is 2.69. The lowest BCUT2D eigenvalue weighted by atomic mass is 10.1. The Hall–Kier alpha value is -0.350. The van der Waals surface area contributed by atoms with Crippen molar-refractivity contribution in [3.63, 3.8) is 0 Å². The van der Waals surface area contributed by atoms with Gasteiger partial charge in [0.1, 0.15) is 5.82 Å². The number of hydrogen-bond donors (Lipinski definition) is 1. The zero-order valence-electron chi connectivity index (χ0n) is 9.75. The van der Waals surface area contributed by atoms with Gasteiger partial charge in [0, 0.05) is 42.8 Å². The van der Waals surface area contributed by atoms with Crippen LogP contribution < -0.4 is 5.32 Å². The Morgan fingerprint density at radius 2 is 2.29 bits per heavy atom. The van der Waals surface area contributed by atoms with Crippen molar-refractivity contribution in [2.45, 2.75) is 19.5 Å². The zero-order valence-corrected chi connectivity index (χ0v) is 11.3. The Morgan fingerprint density at radius 3 is 3.00 bits per heavy atom. The molecule has 0 unspecified atom stereocenters. The fourth-order valence-electron chi connectivity index (χ4n) is 2.06. The van der Waals surface area contributed by atoms with Gasteiger partial charge < -0.3 is 5.32 Å². The third-order valence-electron chi connectivity index (χ3n) is 2.85. The number of nitrogens with one attached hydrogen (secondary N) is 1. The lowest BCUT2D eigenvalue weighted by Gasteiger charge is -2.31. The van der Waals surface area contributed by atoms with Gasteiger partial charge in [0.2, 0.25) is 0 Å². The number of halogens is 3. The van der Waals surface area contributed by atoms with Gasteiger partial charge in [0.05, 0.1) is 0 Å². The highest BCUT2D eigenvalue weighted by molar-refractivity contribution is 6.30. The highest BCUT2D eigenvalue weighted by Gasteiger charge is 2.16. The van der Waals surface area contributed by atoms with E-state index in [-0.39, 0.29) is 18.2 Å². The molecule has 2 nitrogen and oxygen atoms in total. The summed E-state index contributed by atoms with van der Waals surface area (Å²) in [5.41, 5.74) is 0.682. The third kappa shape index (κ3) is 4.11. The van der Waals surface area contributed by atoms with Gasteiger partial charge in [-0.15, -0.1) is 12.4 Å². The van der Waals surface area contributed by atoms with Crippen LogP contribution in [0.2, 0.25) is 5.02 Å². The second-order valence-corrected chi connectivity index (χ2v) is 4.76. The molecule has 1 aromatic rings. The maximum absolute atomic E-state index is 13.5. The van der Waals surface area contributed by atoms with Gasteiger partial charge in [-0.25, -0.2) is 4.39 Å². The molecule has 17 heavy (non-hydrogen) atoms. The van der Waals surface area contributed by atoms with E-state index in [0.717, 1.165) is 19.6 Å². The summed E-state index contributed by atoms with van der Waals surface area (Å²) in [4.78, 5) is 2.25. The lowest BCUT2D eigenvalue weighted by Crippen LogP contribution is -2.48. The summed E-state index contributed by atoms with van der Waals surface area (Å²) in [6.45, 7) is 5.64. The van der Waals surface area contributed by atoms with Gasteiger partial charge in [0.25, 0.3) is 0 Å². The molecule has 1 saturated heterocycles. The van der Waals surface area contributed by atoms with Gasteiger partial charge >= 0.3 is 0 Å². The van der Waals surface area contributed by atoms with Crippen LogP contribution in [0, 0.1) is 5.82 Å². The largest absolute Gasteiger partial charge is 0.312 e. The minimum absolute atomic E-state index is 0. The summed E-state index contributed by atoms with van der Waals surface area (Å²) in [6, 6.07) is 5.20. The Bertz CT molecular complexity index is 374. The Kier molecular flexibility index (Phi) is 5.67. The molecule has 0 amide bonds. The number of benzene rings is 1. The number of hydrogen-bond acceptors (Lipinski definition) is 2. The molecular weight excluding hydrogens is 262 g/mol. The molecule has 1 aliphatic heterocycles. The smallest absolute Gasteiger partial charge is 0.127 e. The lowest BCUT2D eigenvalue weighted by molar-refractivity contribution is 0.197. The first kappa shape index (κ1) is 14.7. The van der Waals surface area contributed by atoms with E-state index in [1.165, 1.54) is 6.07 Å². The Balaban J connectivity index is 0.00000144. The van der Waals surface area contributed by atoms with Crippen molar-refractivity contribution in [1.29, 1.82) is 0 Å². The van der Waals surface area contributed by atoms with Gasteiger partial charge in [0.15, 0.2) is 0 Å². The molecule has 5 heteroatoms. The van der Waals surface area contributed by atoms with Crippen LogP contribution in [0.25, 0.3) is 0 Å². The van der Waals surface area contributed by atoms with Crippen LogP contribution in [-0.2, 0) is 6.54 Å². The van der Waals surface area contributed by atoms with E-state index in [1.54, 1.807) is 12.1 Å². The van der Waals surface area contributed by atoms with E-state index in [1.807, 2.05) is 0 Å². The molecule has 0 aromatic heterocycles. The van der Waals surface area contributed by atoms with Gasteiger partial charge in [-0.3, -0.25) is 4.90 Å². The summed E-state index contributed by atoms with van der Waals surface area (Å²) in [6.07, 6.45) is 0. The van der Waals surface area contributed by atoms with E-state index >= 15 is 0 Å². The van der Waals surface area contributed by atoms with E-state index in [4.69, 9.17) is 11.6 Å². The molecule has 96 valence electrons. The van der Waals surface area contributed by atoms with Crippen LogP contribution in [0.4, 0.5) is 4.39 Å². The first-order chi connectivity index (χ1) is 7.65. The van der Waals surface area contributed by atoms with Gasteiger partial charge in [-0.1, -0.05) is 11.6 Å². The number of nitrogens with zero attached hydrogens (tertiary/aromatic N) is 1. The maximum Gasteiger partial charge on any atom is 0.127 e. The summed E-state index contributed by atoms with van der Waals surface area (Å²) in [5, 5.41) is 3.96. The predicted molar refractivity (Wildman–Crippen MR) is 71.4 cm³/mol. The average molecular weight is 279 g/mol. The van der Waals surface area contributed by atoms with Crippen molar-refractivity contribution in [3.05, 3.63) is 34.6 Å². The topological polar surface area (TPSA) is 15.3 Å². The normalized spacial score (nSPS) is 21.0. The van der Waals surface area contributed by atoms with Crippen LogP contribution in [0.15, 0.2) is 18.2 Å². The Labute approximate surface area is 113 Å². The van der Waals surface area contributed by atoms with Crippen LogP contribution >= 0.6 is 24.0 Å². The first-order valence-corrected chi connectivity index (χ1v) is 5.92. The molecule has 0 bridgehead atoms. The summed E-state index contributed by atoms with van der Waals surface area (Å²) < 4.78 is 13.5. The molecule has 0 saturated carbocycles. The third-order valence-corrected chi connectivity index (χ3v) is 3.09. The molecule has 1 aromatic carbocycles. The monoisotopic (exact) mass is 278 g/mol. The molecule has 0 aliphatic carbocycles. The van der Waals surface area contributed by atoms with Crippen molar-refractivity contribution in [3.8, 4) is 0 Å². The van der Waals surface area contributed by atoms with E-state index < -0.39 is 0 Å². The quantitative estimate of drug-likeness (QED) is 0.895. The number of rotatable bonds is 2. The zero-order chi connectivity index (χ0) is 11.5. The molecule has 1 N–H and O–H groups in total. The molecular formula is C12H17Cl2FN2. The van der Waals surface area contributed by atoms with Crippen LogP contribution in [0.3, 0.4) is 0 Å². The summed E-state index contributed by atoms with van der Waals surface area (Å²) in [5.74, 6) is -0.171. The van der Waals surface area contributed by atoms with E-state index in [0.29, 0.717) is 23.2 Å². The molecule has 0 radical (unpaired) electrons. The highest BCUT2D eigenvalue weighted by Crippen LogP contribution is 2.17. The summed E-state index contributed by atoms with van der Waals surface area (Å²) >= 11 is 5.87. The second-order valence-electron chi connectivity index (χ2n) is 4.33. The molecule has 1 aliphatic rings. The van der Waals surface area contributed by atoms with E-state index in [9.17, 15) is 4.39 Å². The minimum Gasteiger partial charge on any atom is -0.312 e. The fraction of sp³-hybridized carbons (Fsp3) is 0.500. The fourth-order valence-corrected chi connectivity index (χ4v) is 2.26. The summed E-state index contributed by atoms with van der Waals surface area (Å²) in [7, 11) is 0. The SMILES string of the molecule is C[C@@H]1CN(Cc2cc(Cl)ccc2F)CCN1.Cl. The molecule has 0 spiro atoms.